The Morgan fingerprint density at radius 1 is 0.962 bits per heavy atom. The third-order valence-corrected chi connectivity index (χ3v) is 5.51. The molecule has 0 spiro atoms. The second-order valence-electron chi connectivity index (χ2n) is 6.90. The zero-order chi connectivity index (χ0) is 16.4. The van der Waals surface area contributed by atoms with E-state index in [9.17, 15) is 5.11 Å². The minimum absolute atomic E-state index is 0. The fourth-order valence-electron chi connectivity index (χ4n) is 4.31. The van der Waals surface area contributed by atoms with Gasteiger partial charge in [0.25, 0.3) is 0 Å². The lowest BCUT2D eigenvalue weighted by Gasteiger charge is -2.41. The minimum Gasteiger partial charge on any atom is -0.507 e. The van der Waals surface area contributed by atoms with Crippen molar-refractivity contribution in [3.63, 3.8) is 0 Å². The lowest BCUT2D eigenvalue weighted by Crippen LogP contribution is -2.47. The molecule has 2 saturated heterocycles. The molecule has 6 heteroatoms. The van der Waals surface area contributed by atoms with Crippen LogP contribution in [0.3, 0.4) is 0 Å². The van der Waals surface area contributed by atoms with E-state index in [1.54, 1.807) is 0 Å². The molecule has 2 heterocycles. The number of phenols is 1. The van der Waals surface area contributed by atoms with E-state index in [4.69, 9.17) is 4.74 Å². The number of nitrogens with one attached hydrogen (secondary N) is 1. The second kappa shape index (κ2) is 9.77. The van der Waals surface area contributed by atoms with Gasteiger partial charge in [-0.05, 0) is 35.8 Å². The molecule has 0 unspecified atom stereocenters. The highest BCUT2D eigenvalue weighted by Gasteiger charge is 2.32. The van der Waals surface area contributed by atoms with Crippen molar-refractivity contribution in [2.45, 2.75) is 18.9 Å². The van der Waals surface area contributed by atoms with Gasteiger partial charge in [-0.1, -0.05) is 30.3 Å². The Kier molecular flexibility index (Phi) is 7.99. The van der Waals surface area contributed by atoms with E-state index < -0.39 is 0 Å². The first kappa shape index (κ1) is 21.3. The molecule has 0 aromatic heterocycles. The predicted molar refractivity (Wildman–Crippen MR) is 111 cm³/mol. The summed E-state index contributed by atoms with van der Waals surface area (Å²) in [6.45, 7) is 5.99. The summed E-state index contributed by atoms with van der Waals surface area (Å²) in [6, 6.07) is 12.7. The molecule has 4 nitrogen and oxygen atoms in total. The van der Waals surface area contributed by atoms with Crippen molar-refractivity contribution in [1.29, 1.82) is 0 Å². The van der Waals surface area contributed by atoms with E-state index in [-0.39, 0.29) is 24.8 Å². The van der Waals surface area contributed by atoms with Gasteiger partial charge in [0.2, 0.25) is 0 Å². The Morgan fingerprint density at radius 3 is 2.31 bits per heavy atom. The Bertz CT molecular complexity index is 683. The fraction of sp³-hybridized carbons (Fsp3) is 0.500. The molecular weight excluding hydrogens is 371 g/mol. The van der Waals surface area contributed by atoms with Gasteiger partial charge >= 0.3 is 0 Å². The van der Waals surface area contributed by atoms with E-state index >= 15 is 0 Å². The molecule has 0 amide bonds. The quantitative estimate of drug-likeness (QED) is 0.825. The molecule has 144 valence electrons. The lowest BCUT2D eigenvalue weighted by molar-refractivity contribution is 0.0217. The van der Waals surface area contributed by atoms with E-state index in [0.717, 1.165) is 57.6 Å². The molecule has 0 radical (unpaired) electrons. The van der Waals surface area contributed by atoms with Crippen LogP contribution in [0.4, 0.5) is 0 Å². The van der Waals surface area contributed by atoms with Crippen molar-refractivity contribution in [3.8, 4) is 5.75 Å². The van der Waals surface area contributed by atoms with Crippen LogP contribution in [0.15, 0.2) is 36.4 Å². The van der Waals surface area contributed by atoms with E-state index in [2.05, 4.69) is 28.4 Å². The number of hydrogen-bond acceptors (Lipinski definition) is 4. The Morgan fingerprint density at radius 2 is 1.62 bits per heavy atom. The van der Waals surface area contributed by atoms with Crippen molar-refractivity contribution >= 4 is 35.6 Å². The number of rotatable bonds is 3. The first-order valence-electron chi connectivity index (χ1n) is 9.08. The monoisotopic (exact) mass is 398 g/mol. The summed E-state index contributed by atoms with van der Waals surface area (Å²) >= 11 is 0. The van der Waals surface area contributed by atoms with Crippen LogP contribution >= 0.6 is 24.8 Å². The van der Waals surface area contributed by atoms with Crippen molar-refractivity contribution in [1.82, 2.24) is 10.2 Å². The standard InChI is InChI=1S/C20H26N2O2.2ClH/c23-19-6-5-18(16-3-1-2-4-17(16)19)20(15-7-13-24-14-8-15)22-11-9-21-10-12-22;;/h1-6,15,20-21,23H,7-14H2;2*1H/t20-;;/m1../s1. The summed E-state index contributed by atoms with van der Waals surface area (Å²) in [4.78, 5) is 2.63. The summed E-state index contributed by atoms with van der Waals surface area (Å²) in [5.41, 5.74) is 1.36. The zero-order valence-electron chi connectivity index (χ0n) is 14.9. The van der Waals surface area contributed by atoms with Crippen molar-refractivity contribution in [2.24, 2.45) is 5.92 Å². The summed E-state index contributed by atoms with van der Waals surface area (Å²) in [5, 5.41) is 15.9. The zero-order valence-corrected chi connectivity index (χ0v) is 16.5. The smallest absolute Gasteiger partial charge is 0.123 e. The van der Waals surface area contributed by atoms with Gasteiger partial charge in [-0.25, -0.2) is 0 Å². The van der Waals surface area contributed by atoms with Gasteiger partial charge in [-0.2, -0.15) is 0 Å². The van der Waals surface area contributed by atoms with Gasteiger partial charge in [-0.15, -0.1) is 24.8 Å². The summed E-state index contributed by atoms with van der Waals surface area (Å²) in [6.07, 6.45) is 2.23. The molecule has 4 rings (SSSR count). The fourth-order valence-corrected chi connectivity index (χ4v) is 4.31. The summed E-state index contributed by atoms with van der Waals surface area (Å²) < 4.78 is 5.61. The Labute approximate surface area is 167 Å². The molecule has 2 fully saturated rings. The second-order valence-corrected chi connectivity index (χ2v) is 6.90. The van der Waals surface area contributed by atoms with Gasteiger partial charge in [0.15, 0.2) is 0 Å². The third-order valence-electron chi connectivity index (χ3n) is 5.51. The van der Waals surface area contributed by atoms with Gasteiger partial charge in [0.05, 0.1) is 0 Å². The van der Waals surface area contributed by atoms with Gasteiger partial charge in [0.1, 0.15) is 5.75 Å². The average Bonchev–Trinajstić information content (AvgIpc) is 2.66. The van der Waals surface area contributed by atoms with Crippen LogP contribution < -0.4 is 5.32 Å². The molecule has 2 aromatic rings. The van der Waals surface area contributed by atoms with Crippen LogP contribution in [-0.4, -0.2) is 49.4 Å². The molecule has 2 aliphatic heterocycles. The first-order chi connectivity index (χ1) is 11.8. The predicted octanol–water partition coefficient (Wildman–Crippen LogP) is 3.76. The third kappa shape index (κ3) is 4.26. The van der Waals surface area contributed by atoms with Crippen LogP contribution in [0, 0.1) is 5.92 Å². The molecule has 0 bridgehead atoms. The largest absolute Gasteiger partial charge is 0.507 e. The number of phenolic OH excluding ortho intramolecular Hbond substituents is 1. The minimum atomic E-state index is 0. The highest BCUT2D eigenvalue weighted by Crippen LogP contribution is 2.40. The molecule has 2 aromatic carbocycles. The van der Waals surface area contributed by atoms with E-state index in [0.29, 0.717) is 17.7 Å². The Hall–Kier alpha value is -1.04. The summed E-state index contributed by atoms with van der Waals surface area (Å²) in [7, 11) is 0. The molecule has 1 atom stereocenters. The van der Waals surface area contributed by atoms with Gasteiger partial charge < -0.3 is 15.2 Å². The topological polar surface area (TPSA) is 44.7 Å². The van der Waals surface area contributed by atoms with E-state index in [1.165, 1.54) is 10.9 Å². The number of ether oxygens (including phenoxy) is 1. The van der Waals surface area contributed by atoms with Crippen LogP contribution in [0.2, 0.25) is 0 Å². The van der Waals surface area contributed by atoms with Gasteiger partial charge in [-0.3, -0.25) is 4.90 Å². The van der Waals surface area contributed by atoms with Crippen LogP contribution in [-0.2, 0) is 4.74 Å². The van der Waals surface area contributed by atoms with Crippen molar-refractivity contribution in [2.75, 3.05) is 39.4 Å². The van der Waals surface area contributed by atoms with Crippen LogP contribution in [0.25, 0.3) is 10.8 Å². The number of benzene rings is 2. The van der Waals surface area contributed by atoms with Crippen LogP contribution in [0.1, 0.15) is 24.4 Å². The number of fused-ring (bicyclic) bond motifs is 1. The van der Waals surface area contributed by atoms with E-state index in [1.807, 2.05) is 18.2 Å². The van der Waals surface area contributed by atoms with Crippen LogP contribution in [0.5, 0.6) is 5.75 Å². The number of hydrogen-bond donors (Lipinski definition) is 2. The molecule has 26 heavy (non-hydrogen) atoms. The maximum atomic E-state index is 10.3. The SMILES string of the molecule is Cl.Cl.Oc1ccc([C@@H](C2CCOCC2)N2CCNCC2)c2ccccc12. The molecule has 0 saturated carbocycles. The molecule has 2 aliphatic rings. The normalized spacial score (nSPS) is 20.2. The number of halogens is 2. The van der Waals surface area contributed by atoms with Gasteiger partial charge in [0, 0.05) is 50.8 Å². The molecule has 2 N–H and O–H groups in total. The average molecular weight is 399 g/mol. The molecular formula is C20H28Cl2N2O2. The highest BCUT2D eigenvalue weighted by molar-refractivity contribution is 5.91. The summed E-state index contributed by atoms with van der Waals surface area (Å²) in [5.74, 6) is 0.991. The number of aromatic hydroxyl groups is 1. The highest BCUT2D eigenvalue weighted by atomic mass is 35.5. The maximum Gasteiger partial charge on any atom is 0.123 e. The lowest BCUT2D eigenvalue weighted by atomic mass is 9.83. The number of nitrogens with zero attached hydrogens (tertiary/aromatic N) is 1. The maximum absolute atomic E-state index is 10.3. The number of piperazine rings is 1. The Balaban J connectivity index is 0.00000121. The first-order valence-corrected chi connectivity index (χ1v) is 9.08. The van der Waals surface area contributed by atoms with Crippen molar-refractivity contribution < 1.29 is 9.84 Å². The molecule has 0 aliphatic carbocycles. The van der Waals surface area contributed by atoms with Crippen molar-refractivity contribution in [3.05, 3.63) is 42.0 Å².